The van der Waals surface area contributed by atoms with Crippen molar-refractivity contribution < 1.29 is 18.7 Å². The van der Waals surface area contributed by atoms with Gasteiger partial charge in [0.2, 0.25) is 5.91 Å². The van der Waals surface area contributed by atoms with E-state index < -0.39 is 0 Å². The maximum Gasteiger partial charge on any atom is 0.241 e. The molecule has 8 nitrogen and oxygen atoms in total. The number of amides is 1. The Bertz CT molecular complexity index is 918. The minimum absolute atomic E-state index is 0.0535. The highest BCUT2D eigenvalue weighted by Gasteiger charge is 2.38. The summed E-state index contributed by atoms with van der Waals surface area (Å²) in [6.45, 7) is 7.77. The summed E-state index contributed by atoms with van der Waals surface area (Å²) < 4.78 is 16.8. The van der Waals surface area contributed by atoms with E-state index in [1.165, 1.54) is 0 Å². The molecule has 8 heteroatoms. The van der Waals surface area contributed by atoms with Crippen LogP contribution in [-0.2, 0) is 11.3 Å². The van der Waals surface area contributed by atoms with Gasteiger partial charge in [-0.05, 0) is 50.1 Å². The fraction of sp³-hybridized carbons (Fsp3) is 0.522. The summed E-state index contributed by atoms with van der Waals surface area (Å²) >= 11 is 0. The van der Waals surface area contributed by atoms with Crippen LogP contribution in [0.1, 0.15) is 37.6 Å². The van der Waals surface area contributed by atoms with Crippen molar-refractivity contribution in [1.29, 1.82) is 0 Å². The second kappa shape index (κ2) is 8.53. The fourth-order valence-electron chi connectivity index (χ4n) is 4.74. The van der Waals surface area contributed by atoms with E-state index in [2.05, 4.69) is 29.6 Å². The number of hydrogen-bond acceptors (Lipinski definition) is 7. The number of piperazine rings is 1. The average Bonchev–Trinajstić information content (AvgIpc) is 3.47. The zero-order chi connectivity index (χ0) is 21.4. The highest BCUT2D eigenvalue weighted by atomic mass is 16.6. The van der Waals surface area contributed by atoms with Crippen molar-refractivity contribution in [3.05, 3.63) is 47.9 Å². The van der Waals surface area contributed by atoms with Crippen molar-refractivity contribution in [2.45, 2.75) is 51.0 Å². The zero-order valence-electron chi connectivity index (χ0n) is 18.0. The number of hydrogen-bond donors (Lipinski definition) is 2. The summed E-state index contributed by atoms with van der Waals surface area (Å²) in [5, 5.41) is 0. The minimum atomic E-state index is -0.246. The second-order valence-electron chi connectivity index (χ2n) is 8.73. The maximum atomic E-state index is 13.3. The molecule has 2 N–H and O–H groups in total. The van der Waals surface area contributed by atoms with Crippen LogP contribution < -0.4 is 20.3 Å². The Morgan fingerprint density at radius 1 is 1.06 bits per heavy atom. The normalized spacial score (nSPS) is 28.6. The number of ether oxygens (including phenoxy) is 2. The number of nitrogens with zero attached hydrogens (tertiary/aromatic N) is 2. The fourth-order valence-corrected chi connectivity index (χ4v) is 4.74. The first-order chi connectivity index (χ1) is 15.1. The zero-order valence-corrected chi connectivity index (χ0v) is 18.0. The van der Waals surface area contributed by atoms with Gasteiger partial charge >= 0.3 is 0 Å². The molecule has 0 saturated carbocycles. The smallest absolute Gasteiger partial charge is 0.241 e. The molecule has 0 radical (unpaired) electrons. The molecule has 1 amide bonds. The molecule has 1 aromatic heterocycles. The number of fused-ring (bicyclic) bond motifs is 1. The summed E-state index contributed by atoms with van der Waals surface area (Å²) in [6, 6.07) is 10.1. The summed E-state index contributed by atoms with van der Waals surface area (Å²) in [4.78, 5) is 17.7. The SMILES string of the molecule is C[C@@H]1CN(C(=O)C2CC(c3ccc4c(c3)OCCO4)NN2)[C@H](C)CN1Cc1ccco1. The van der Waals surface area contributed by atoms with Crippen LogP contribution in [-0.4, -0.2) is 60.1 Å². The third-order valence-electron chi connectivity index (χ3n) is 6.51. The van der Waals surface area contributed by atoms with Gasteiger partial charge < -0.3 is 18.8 Å². The van der Waals surface area contributed by atoms with E-state index >= 15 is 0 Å². The van der Waals surface area contributed by atoms with Crippen LogP contribution in [0.4, 0.5) is 0 Å². The molecule has 0 aliphatic carbocycles. The third kappa shape index (κ3) is 4.15. The predicted octanol–water partition coefficient (Wildman–Crippen LogP) is 2.08. The van der Waals surface area contributed by atoms with E-state index in [-0.39, 0.29) is 30.1 Å². The first-order valence-electron chi connectivity index (χ1n) is 11.1. The van der Waals surface area contributed by atoms with E-state index in [0.29, 0.717) is 26.2 Å². The molecule has 0 bridgehead atoms. The van der Waals surface area contributed by atoms with Crippen LogP contribution in [0.2, 0.25) is 0 Å². The Balaban J connectivity index is 1.21. The number of rotatable bonds is 4. The predicted molar refractivity (Wildman–Crippen MR) is 115 cm³/mol. The van der Waals surface area contributed by atoms with Crippen LogP contribution >= 0.6 is 0 Å². The van der Waals surface area contributed by atoms with Crippen LogP contribution in [0.15, 0.2) is 41.0 Å². The molecule has 2 saturated heterocycles. The molecule has 1 aromatic carbocycles. The van der Waals surface area contributed by atoms with Gasteiger partial charge in [0.15, 0.2) is 11.5 Å². The van der Waals surface area contributed by atoms with Crippen LogP contribution in [0.5, 0.6) is 11.5 Å². The van der Waals surface area contributed by atoms with Crippen molar-refractivity contribution in [3.8, 4) is 11.5 Å². The lowest BCUT2D eigenvalue weighted by atomic mass is 9.99. The van der Waals surface area contributed by atoms with Crippen LogP contribution in [0.25, 0.3) is 0 Å². The first-order valence-corrected chi connectivity index (χ1v) is 11.1. The highest BCUT2D eigenvalue weighted by molar-refractivity contribution is 5.82. The van der Waals surface area contributed by atoms with Crippen LogP contribution in [0, 0.1) is 0 Å². The third-order valence-corrected chi connectivity index (χ3v) is 6.51. The van der Waals surface area contributed by atoms with E-state index in [1.807, 2.05) is 35.2 Å². The lowest BCUT2D eigenvalue weighted by molar-refractivity contribution is -0.139. The summed E-state index contributed by atoms with van der Waals surface area (Å²) in [5.74, 6) is 2.67. The summed E-state index contributed by atoms with van der Waals surface area (Å²) in [7, 11) is 0. The Morgan fingerprint density at radius 3 is 2.71 bits per heavy atom. The number of hydrazine groups is 1. The Kier molecular flexibility index (Phi) is 5.60. The molecule has 4 heterocycles. The van der Waals surface area contributed by atoms with Crippen molar-refractivity contribution in [3.63, 3.8) is 0 Å². The molecule has 2 aromatic rings. The van der Waals surface area contributed by atoms with Gasteiger partial charge in [0.05, 0.1) is 12.8 Å². The molecule has 2 fully saturated rings. The molecule has 166 valence electrons. The van der Waals surface area contributed by atoms with Crippen molar-refractivity contribution in [2.24, 2.45) is 0 Å². The largest absolute Gasteiger partial charge is 0.486 e. The van der Waals surface area contributed by atoms with Gasteiger partial charge in [-0.2, -0.15) is 0 Å². The van der Waals surface area contributed by atoms with E-state index in [4.69, 9.17) is 13.9 Å². The second-order valence-corrected chi connectivity index (χ2v) is 8.73. The average molecular weight is 427 g/mol. The molecular weight excluding hydrogens is 396 g/mol. The van der Waals surface area contributed by atoms with Gasteiger partial charge in [0.25, 0.3) is 0 Å². The molecule has 3 aliphatic rings. The van der Waals surface area contributed by atoms with Gasteiger partial charge in [-0.15, -0.1) is 0 Å². The lowest BCUT2D eigenvalue weighted by Gasteiger charge is -2.44. The van der Waals surface area contributed by atoms with Gasteiger partial charge in [-0.3, -0.25) is 9.69 Å². The van der Waals surface area contributed by atoms with Gasteiger partial charge in [-0.25, -0.2) is 10.9 Å². The standard InChI is InChI=1S/C23H30N4O4/c1-15-13-27(16(2)12-26(15)14-18-4-3-7-29-18)23(28)20-11-19(24-25-20)17-5-6-21-22(10-17)31-9-8-30-21/h3-7,10,15-16,19-20,24-25H,8-9,11-14H2,1-2H3/t15-,16-,19?,20?/m1/s1. The summed E-state index contributed by atoms with van der Waals surface area (Å²) in [5.41, 5.74) is 7.62. The first kappa shape index (κ1) is 20.4. The Labute approximate surface area is 182 Å². The van der Waals surface area contributed by atoms with Crippen LogP contribution in [0.3, 0.4) is 0 Å². The molecule has 5 rings (SSSR count). The van der Waals surface area contributed by atoms with Gasteiger partial charge in [0, 0.05) is 31.2 Å². The van der Waals surface area contributed by atoms with Crippen molar-refractivity contribution in [1.82, 2.24) is 20.7 Å². The number of furan rings is 1. The Morgan fingerprint density at radius 2 is 1.90 bits per heavy atom. The van der Waals surface area contributed by atoms with E-state index in [0.717, 1.165) is 35.9 Å². The van der Waals surface area contributed by atoms with E-state index in [1.54, 1.807) is 6.26 Å². The van der Waals surface area contributed by atoms with Gasteiger partial charge in [-0.1, -0.05) is 6.07 Å². The quantitative estimate of drug-likeness (QED) is 0.775. The number of carbonyl (C=O) groups is 1. The van der Waals surface area contributed by atoms with E-state index in [9.17, 15) is 4.79 Å². The molecule has 4 atom stereocenters. The molecule has 2 unspecified atom stereocenters. The van der Waals surface area contributed by atoms with Crippen molar-refractivity contribution >= 4 is 5.91 Å². The maximum absolute atomic E-state index is 13.3. The lowest BCUT2D eigenvalue weighted by Crippen LogP contribution is -2.60. The summed E-state index contributed by atoms with van der Waals surface area (Å²) in [6.07, 6.45) is 2.41. The molecular formula is C23H30N4O4. The molecule has 31 heavy (non-hydrogen) atoms. The minimum Gasteiger partial charge on any atom is -0.486 e. The Hall–Kier alpha value is -2.55. The topological polar surface area (TPSA) is 79.2 Å². The number of benzene rings is 1. The molecule has 0 spiro atoms. The van der Waals surface area contributed by atoms with Crippen molar-refractivity contribution in [2.75, 3.05) is 26.3 Å². The number of carbonyl (C=O) groups excluding carboxylic acids is 1. The van der Waals surface area contributed by atoms with Gasteiger partial charge in [0.1, 0.15) is 25.0 Å². The number of nitrogens with one attached hydrogen (secondary N) is 2. The molecule has 3 aliphatic heterocycles. The monoisotopic (exact) mass is 426 g/mol. The highest BCUT2D eigenvalue weighted by Crippen LogP contribution is 2.34.